The molecule has 0 unspecified atom stereocenters. The first kappa shape index (κ1) is 36.7. The summed E-state index contributed by atoms with van der Waals surface area (Å²) in [6, 6.07) is 13.4. The maximum absolute atomic E-state index is 11.7. The van der Waals surface area contributed by atoms with E-state index in [1.54, 1.807) is 0 Å². The number of nitrogens with zero attached hydrogens (tertiary/aromatic N) is 1. The molecule has 0 amide bonds. The largest absolute Gasteiger partial charge is 0.512 e. The number of carbonyl (C=O) groups is 1. The van der Waals surface area contributed by atoms with Gasteiger partial charge in [-0.3, -0.25) is 4.79 Å². The Labute approximate surface area is 284 Å². The number of aliphatic hydroxyl groups is 1. The minimum absolute atomic E-state index is 0. The molecule has 1 aliphatic rings. The van der Waals surface area contributed by atoms with Crippen LogP contribution in [0, 0.1) is 31.7 Å². The average Bonchev–Trinajstić information content (AvgIpc) is 3.39. The van der Waals surface area contributed by atoms with Crippen LogP contribution in [-0.2, 0) is 35.7 Å². The van der Waals surface area contributed by atoms with Gasteiger partial charge in [0.05, 0.1) is 5.76 Å². The van der Waals surface area contributed by atoms with Crippen molar-refractivity contribution in [2.75, 3.05) is 0 Å². The Morgan fingerprint density at radius 3 is 2.07 bits per heavy atom. The number of ketones is 1. The summed E-state index contributed by atoms with van der Waals surface area (Å²) in [5.41, 5.74) is 9.64. The van der Waals surface area contributed by atoms with Gasteiger partial charge in [-0.2, -0.15) is 0 Å². The van der Waals surface area contributed by atoms with Crippen LogP contribution in [0.4, 0.5) is 0 Å². The molecule has 0 spiro atoms. The van der Waals surface area contributed by atoms with Gasteiger partial charge in [-0.25, -0.2) is 0 Å². The number of pyridine rings is 1. The van der Waals surface area contributed by atoms with Gasteiger partial charge in [0.2, 0.25) is 0 Å². The Hall–Kier alpha value is -2.75. The molecule has 5 rings (SSSR count). The van der Waals surface area contributed by atoms with Crippen molar-refractivity contribution >= 4 is 27.7 Å². The van der Waals surface area contributed by atoms with Gasteiger partial charge in [0.15, 0.2) is 5.78 Å². The van der Waals surface area contributed by atoms with Crippen molar-refractivity contribution in [3.05, 3.63) is 76.7 Å². The van der Waals surface area contributed by atoms with Crippen LogP contribution in [0.15, 0.2) is 52.8 Å². The minimum Gasteiger partial charge on any atom is -0.512 e. The number of aryl methyl sites for hydroxylation is 1. The molecule has 5 heteroatoms. The molecule has 45 heavy (non-hydrogen) atoms. The van der Waals surface area contributed by atoms with Gasteiger partial charge >= 0.3 is 0 Å². The maximum atomic E-state index is 11.7. The van der Waals surface area contributed by atoms with E-state index in [9.17, 15) is 9.90 Å². The van der Waals surface area contributed by atoms with Gasteiger partial charge in [0, 0.05) is 66.2 Å². The Bertz CT molecular complexity index is 1650. The molecule has 0 fully saturated rings. The Kier molecular flexibility index (Phi) is 12.1. The average molecular weight is 787 g/mol. The zero-order valence-corrected chi connectivity index (χ0v) is 31.4. The van der Waals surface area contributed by atoms with E-state index >= 15 is 0 Å². The third-order valence-corrected chi connectivity index (χ3v) is 10.2. The van der Waals surface area contributed by atoms with E-state index in [2.05, 4.69) is 64.7 Å². The summed E-state index contributed by atoms with van der Waals surface area (Å²) >= 11 is 0. The molecule has 1 aliphatic carbocycles. The number of carbonyl (C=O) groups excluding carboxylic acids is 1. The van der Waals surface area contributed by atoms with Crippen LogP contribution in [0.3, 0.4) is 0 Å². The van der Waals surface area contributed by atoms with Crippen molar-refractivity contribution in [1.29, 1.82) is 0 Å². The van der Waals surface area contributed by atoms with Crippen molar-refractivity contribution in [3.8, 4) is 11.3 Å². The van der Waals surface area contributed by atoms with Gasteiger partial charge in [-0.1, -0.05) is 55.4 Å². The van der Waals surface area contributed by atoms with Gasteiger partial charge in [-0.15, -0.1) is 35.9 Å². The van der Waals surface area contributed by atoms with Crippen LogP contribution in [-0.4, -0.2) is 15.9 Å². The maximum Gasteiger partial charge on any atom is 0.162 e. The molecule has 4 aromatic rings. The number of rotatable bonds is 8. The number of aliphatic hydroxyl groups excluding tert-OH is 1. The third-order valence-electron chi connectivity index (χ3n) is 10.2. The zero-order chi connectivity index (χ0) is 32.4. The van der Waals surface area contributed by atoms with E-state index in [1.165, 1.54) is 46.6 Å². The summed E-state index contributed by atoms with van der Waals surface area (Å²) in [5, 5.41) is 12.2. The van der Waals surface area contributed by atoms with E-state index in [-0.39, 0.29) is 54.3 Å². The van der Waals surface area contributed by atoms with Crippen molar-refractivity contribution in [1.82, 2.24) is 4.98 Å². The van der Waals surface area contributed by atoms with Crippen molar-refractivity contribution in [2.45, 2.75) is 119 Å². The minimum atomic E-state index is 0. The van der Waals surface area contributed by atoms with Crippen molar-refractivity contribution in [2.24, 2.45) is 11.8 Å². The van der Waals surface area contributed by atoms with Crippen LogP contribution >= 0.6 is 0 Å². The number of hydrogen-bond donors (Lipinski definition) is 1. The number of aromatic nitrogens is 1. The molecule has 0 saturated carbocycles. The molecular weight excluding hydrogens is 735 g/mol. The second-order valence-corrected chi connectivity index (χ2v) is 13.9. The molecule has 245 valence electrons. The summed E-state index contributed by atoms with van der Waals surface area (Å²) in [4.78, 5) is 16.4. The molecule has 0 aliphatic heterocycles. The fraction of sp³-hybridized carbons (Fsp3) is 0.500. The van der Waals surface area contributed by atoms with E-state index in [4.69, 9.17) is 4.42 Å². The monoisotopic (exact) mass is 787 g/mol. The Balaban J connectivity index is 0.000000297. The summed E-state index contributed by atoms with van der Waals surface area (Å²) in [5.74, 6) is 0.547. The number of fused-ring (bicyclic) bond motifs is 5. The first-order valence-corrected chi connectivity index (χ1v) is 16.6. The Morgan fingerprint density at radius 2 is 1.51 bits per heavy atom. The molecular formula is C40H52IrNO3-. The van der Waals surface area contributed by atoms with E-state index in [1.807, 2.05) is 52.1 Å². The van der Waals surface area contributed by atoms with Crippen LogP contribution in [0.1, 0.15) is 116 Å². The van der Waals surface area contributed by atoms with Crippen LogP contribution in [0.25, 0.3) is 33.2 Å². The molecule has 4 nitrogen and oxygen atoms in total. The molecule has 1 radical (unpaired) electrons. The van der Waals surface area contributed by atoms with E-state index < -0.39 is 0 Å². The summed E-state index contributed by atoms with van der Waals surface area (Å²) < 4.78 is 6.72. The van der Waals surface area contributed by atoms with Gasteiger partial charge in [-0.05, 0) is 86.0 Å². The molecule has 1 N–H and O–H groups in total. The molecule has 0 atom stereocenters. The van der Waals surface area contributed by atoms with Gasteiger partial charge < -0.3 is 14.5 Å². The SMILES string of the molecule is CCC(CC)C(=O)/C=C(\O)C(CC)CC.Cc1c2c(c3oc4c(-c5[c-]cccc5)nccc4c3c1C)C(C)(C)CCC2(C)C.[Ir]. The van der Waals surface area contributed by atoms with E-state index in [0.717, 1.165) is 53.5 Å². The number of furan rings is 1. The summed E-state index contributed by atoms with van der Waals surface area (Å²) in [6.07, 6.45) is 9.17. The van der Waals surface area contributed by atoms with Gasteiger partial charge in [0.25, 0.3) is 0 Å². The number of benzene rings is 2. The van der Waals surface area contributed by atoms with Gasteiger partial charge in [0.1, 0.15) is 11.2 Å². The first-order chi connectivity index (χ1) is 20.8. The predicted molar refractivity (Wildman–Crippen MR) is 184 cm³/mol. The first-order valence-electron chi connectivity index (χ1n) is 16.6. The standard InChI is InChI=1S/C27H28NO.C13H24O2.Ir/c1-16-17(2)21-22(27(5,6)14-13-26(21,3)4)25-20(16)19-12-15-28-23(24(19)29-25)18-10-8-7-9-11-18;1-5-10(6-2)12(14)9-13(15)11(7-3)8-4;/h7-10,12,15H,13-14H2,1-6H3;9-11,14H,5-8H2,1-4H3;/q-1;;/b;12-9-;. The smallest absolute Gasteiger partial charge is 0.162 e. The quantitative estimate of drug-likeness (QED) is 0.110. The molecule has 0 saturated heterocycles. The van der Waals surface area contributed by atoms with Crippen LogP contribution in [0.5, 0.6) is 0 Å². The summed E-state index contributed by atoms with van der Waals surface area (Å²) in [6.45, 7) is 22.1. The van der Waals surface area contributed by atoms with Crippen LogP contribution < -0.4 is 0 Å². The zero-order valence-electron chi connectivity index (χ0n) is 29.0. The number of hydrogen-bond acceptors (Lipinski definition) is 4. The summed E-state index contributed by atoms with van der Waals surface area (Å²) in [7, 11) is 0. The topological polar surface area (TPSA) is 63.3 Å². The second-order valence-electron chi connectivity index (χ2n) is 13.9. The third kappa shape index (κ3) is 7.15. The Morgan fingerprint density at radius 1 is 0.911 bits per heavy atom. The molecule has 2 aromatic carbocycles. The van der Waals surface area contributed by atoms with Crippen molar-refractivity contribution < 1.29 is 34.4 Å². The fourth-order valence-electron chi connectivity index (χ4n) is 7.13. The number of allylic oxidation sites excluding steroid dienone is 2. The van der Waals surface area contributed by atoms with E-state index in [0.29, 0.717) is 0 Å². The fourth-order valence-corrected chi connectivity index (χ4v) is 7.13. The molecule has 2 aromatic heterocycles. The second kappa shape index (κ2) is 14.8. The van der Waals surface area contributed by atoms with Crippen molar-refractivity contribution in [3.63, 3.8) is 0 Å². The normalized spacial score (nSPS) is 15.5. The molecule has 2 heterocycles. The predicted octanol–water partition coefficient (Wildman–Crippen LogP) is 11.3. The molecule has 0 bridgehead atoms. The van der Waals surface area contributed by atoms with Crippen LogP contribution in [0.2, 0.25) is 0 Å².